The first-order chi connectivity index (χ1) is 10.8. The topological polar surface area (TPSA) is 53.3 Å². The van der Waals surface area contributed by atoms with Gasteiger partial charge in [-0.3, -0.25) is 0 Å². The molecule has 3 rings (SSSR count). The minimum Gasteiger partial charge on any atom is -0.444 e. The maximum atomic E-state index is 13.5. The zero-order valence-corrected chi connectivity index (χ0v) is 13.7. The monoisotopic (exact) mass is 316 g/mol. The van der Waals surface area contributed by atoms with Crippen LogP contribution in [0.15, 0.2) is 24.3 Å². The fourth-order valence-electron chi connectivity index (χ4n) is 3.76. The van der Waals surface area contributed by atoms with Crippen molar-refractivity contribution in [2.24, 2.45) is 11.8 Å². The molecule has 1 aromatic rings. The average molecular weight is 316 g/mol. The van der Waals surface area contributed by atoms with Crippen molar-refractivity contribution in [3.63, 3.8) is 0 Å². The molecule has 3 unspecified atom stereocenters. The minimum atomic E-state index is -0.668. The number of halogens is 1. The Balaban J connectivity index is 1.78. The van der Waals surface area contributed by atoms with E-state index in [0.29, 0.717) is 13.1 Å². The molecule has 1 saturated carbocycles. The summed E-state index contributed by atoms with van der Waals surface area (Å²) in [5, 5.41) is 9.74. The Morgan fingerprint density at radius 1 is 1.43 bits per heavy atom. The number of piperidine rings is 1. The second kappa shape index (κ2) is 5.23. The summed E-state index contributed by atoms with van der Waals surface area (Å²) in [5.74, 6) is -0.0895. The zero-order chi connectivity index (χ0) is 16.8. The third-order valence-electron chi connectivity index (χ3n) is 4.81. The number of hydrogen-bond acceptors (Lipinski definition) is 3. The SMILES string of the molecule is CC(C)(C)OC(=O)N1CCC2C(C1)C2(C#N)c1cccc(F)c1. The van der Waals surface area contributed by atoms with Crippen LogP contribution < -0.4 is 0 Å². The summed E-state index contributed by atoms with van der Waals surface area (Å²) in [5.41, 5.74) is -0.480. The summed E-state index contributed by atoms with van der Waals surface area (Å²) >= 11 is 0. The van der Waals surface area contributed by atoms with E-state index >= 15 is 0 Å². The number of nitrogens with zero attached hydrogens (tertiary/aromatic N) is 2. The molecule has 0 spiro atoms. The number of likely N-dealkylation sites (tertiary alicyclic amines) is 1. The molecule has 0 bridgehead atoms. The highest BCUT2D eigenvalue weighted by atomic mass is 19.1. The first-order valence-corrected chi connectivity index (χ1v) is 7.93. The van der Waals surface area contributed by atoms with Crippen molar-refractivity contribution in [3.8, 4) is 6.07 Å². The highest BCUT2D eigenvalue weighted by molar-refractivity contribution is 5.68. The highest BCUT2D eigenvalue weighted by Crippen LogP contribution is 2.63. The van der Waals surface area contributed by atoms with Crippen LogP contribution >= 0.6 is 0 Å². The second-order valence-corrected chi connectivity index (χ2v) is 7.42. The molecule has 2 aliphatic rings. The van der Waals surface area contributed by atoms with Gasteiger partial charge in [-0.2, -0.15) is 5.26 Å². The number of carbonyl (C=O) groups excluding carboxylic acids is 1. The van der Waals surface area contributed by atoms with Gasteiger partial charge >= 0.3 is 6.09 Å². The number of hydrogen-bond donors (Lipinski definition) is 0. The largest absolute Gasteiger partial charge is 0.444 e. The summed E-state index contributed by atoms with van der Waals surface area (Å²) in [7, 11) is 0. The third kappa shape index (κ3) is 2.67. The van der Waals surface area contributed by atoms with E-state index in [1.165, 1.54) is 12.1 Å². The van der Waals surface area contributed by atoms with E-state index in [9.17, 15) is 14.4 Å². The Hall–Kier alpha value is -2.09. The van der Waals surface area contributed by atoms with Crippen molar-refractivity contribution >= 4 is 6.09 Å². The molecule has 0 N–H and O–H groups in total. The van der Waals surface area contributed by atoms with Crippen LogP contribution in [0, 0.1) is 29.0 Å². The van der Waals surface area contributed by atoms with E-state index in [2.05, 4.69) is 6.07 Å². The van der Waals surface area contributed by atoms with Gasteiger partial charge in [0.05, 0.1) is 11.5 Å². The Bertz CT molecular complexity index is 676. The molecule has 23 heavy (non-hydrogen) atoms. The lowest BCUT2D eigenvalue weighted by molar-refractivity contribution is 0.0207. The summed E-state index contributed by atoms with van der Waals surface area (Å²) < 4.78 is 19.0. The molecule has 5 heteroatoms. The number of benzene rings is 1. The standard InChI is InChI=1S/C18H21FN2O2/c1-17(2,3)23-16(22)21-8-7-14-15(10-21)18(14,11-20)12-5-4-6-13(19)9-12/h4-6,9,14-15H,7-8,10H2,1-3H3. The van der Waals surface area contributed by atoms with Gasteiger partial charge in [0.15, 0.2) is 0 Å². The van der Waals surface area contributed by atoms with Crippen LogP contribution in [-0.2, 0) is 10.2 Å². The van der Waals surface area contributed by atoms with Gasteiger partial charge in [-0.1, -0.05) is 12.1 Å². The van der Waals surface area contributed by atoms with Crippen LogP contribution in [-0.4, -0.2) is 29.7 Å². The van der Waals surface area contributed by atoms with Crippen LogP contribution in [0.25, 0.3) is 0 Å². The fourth-order valence-corrected chi connectivity index (χ4v) is 3.76. The molecule has 1 aliphatic carbocycles. The van der Waals surface area contributed by atoms with Crippen LogP contribution in [0.3, 0.4) is 0 Å². The second-order valence-electron chi connectivity index (χ2n) is 7.42. The molecule has 3 atom stereocenters. The lowest BCUT2D eigenvalue weighted by Crippen LogP contribution is -2.40. The van der Waals surface area contributed by atoms with E-state index in [-0.39, 0.29) is 23.7 Å². The van der Waals surface area contributed by atoms with Gasteiger partial charge in [0, 0.05) is 19.0 Å². The van der Waals surface area contributed by atoms with E-state index in [0.717, 1.165) is 12.0 Å². The molecule has 122 valence electrons. The van der Waals surface area contributed by atoms with E-state index < -0.39 is 11.0 Å². The lowest BCUT2D eigenvalue weighted by Gasteiger charge is -2.29. The fraction of sp³-hybridized carbons (Fsp3) is 0.556. The summed E-state index contributed by atoms with van der Waals surface area (Å²) in [6, 6.07) is 8.67. The molecule has 0 aromatic heterocycles. The smallest absolute Gasteiger partial charge is 0.410 e. The van der Waals surface area contributed by atoms with Crippen LogP contribution in [0.1, 0.15) is 32.8 Å². The molecule has 1 aromatic carbocycles. The van der Waals surface area contributed by atoms with Gasteiger partial charge in [-0.15, -0.1) is 0 Å². The van der Waals surface area contributed by atoms with Crippen molar-refractivity contribution in [1.29, 1.82) is 5.26 Å². The molecule has 1 amide bonds. The minimum absolute atomic E-state index is 0.0515. The Kier molecular flexibility index (Phi) is 3.59. The van der Waals surface area contributed by atoms with Gasteiger partial charge in [0.25, 0.3) is 0 Å². The molecule has 1 heterocycles. The van der Waals surface area contributed by atoms with Gasteiger partial charge in [-0.05, 0) is 50.8 Å². The van der Waals surface area contributed by atoms with Crippen LogP contribution in [0.5, 0.6) is 0 Å². The average Bonchev–Trinajstić information content (AvgIpc) is 3.13. The van der Waals surface area contributed by atoms with Crippen molar-refractivity contribution in [2.45, 2.75) is 38.2 Å². The predicted octanol–water partition coefficient (Wildman–Crippen LogP) is 3.47. The third-order valence-corrected chi connectivity index (χ3v) is 4.81. The van der Waals surface area contributed by atoms with Crippen molar-refractivity contribution in [3.05, 3.63) is 35.6 Å². The summed E-state index contributed by atoms with van der Waals surface area (Å²) in [4.78, 5) is 13.9. The maximum absolute atomic E-state index is 13.5. The van der Waals surface area contributed by atoms with Gasteiger partial charge in [0.1, 0.15) is 11.4 Å². The quantitative estimate of drug-likeness (QED) is 0.797. The van der Waals surface area contributed by atoms with Crippen molar-refractivity contribution in [1.82, 2.24) is 4.90 Å². The Morgan fingerprint density at radius 3 is 2.78 bits per heavy atom. The van der Waals surface area contributed by atoms with Gasteiger partial charge in [-0.25, -0.2) is 9.18 Å². The normalized spacial score (nSPS) is 29.4. The summed E-state index contributed by atoms with van der Waals surface area (Å²) in [6.07, 6.45) is 0.405. The number of nitriles is 1. The summed E-state index contributed by atoms with van der Waals surface area (Å²) in [6.45, 7) is 6.57. The molecule has 1 saturated heterocycles. The highest BCUT2D eigenvalue weighted by Gasteiger charge is 2.68. The van der Waals surface area contributed by atoms with E-state index in [4.69, 9.17) is 4.74 Å². The van der Waals surface area contributed by atoms with E-state index in [1.54, 1.807) is 11.0 Å². The molecule has 1 aliphatic heterocycles. The maximum Gasteiger partial charge on any atom is 0.410 e. The Morgan fingerprint density at radius 2 is 2.17 bits per heavy atom. The van der Waals surface area contributed by atoms with Gasteiger partial charge in [0.2, 0.25) is 0 Å². The zero-order valence-electron chi connectivity index (χ0n) is 13.7. The van der Waals surface area contributed by atoms with Crippen molar-refractivity contribution in [2.75, 3.05) is 13.1 Å². The molecular formula is C18H21FN2O2. The van der Waals surface area contributed by atoms with E-state index in [1.807, 2.05) is 26.8 Å². The predicted molar refractivity (Wildman–Crippen MR) is 83.1 cm³/mol. The van der Waals surface area contributed by atoms with Gasteiger partial charge < -0.3 is 9.64 Å². The number of carbonyl (C=O) groups is 1. The first kappa shape index (κ1) is 15.8. The number of ether oxygens (including phenoxy) is 1. The molecule has 2 fully saturated rings. The molecule has 4 nitrogen and oxygen atoms in total. The number of fused-ring (bicyclic) bond motifs is 1. The Labute approximate surface area is 135 Å². The molecule has 0 radical (unpaired) electrons. The van der Waals surface area contributed by atoms with Crippen LogP contribution in [0.4, 0.5) is 9.18 Å². The number of rotatable bonds is 1. The first-order valence-electron chi connectivity index (χ1n) is 7.93. The van der Waals surface area contributed by atoms with Crippen molar-refractivity contribution < 1.29 is 13.9 Å². The van der Waals surface area contributed by atoms with Crippen LogP contribution in [0.2, 0.25) is 0 Å². The lowest BCUT2D eigenvalue weighted by atomic mass is 9.93. The number of amides is 1. The molecular weight excluding hydrogens is 295 g/mol.